The number of rotatable bonds is 4. The second-order valence-electron chi connectivity index (χ2n) is 4.79. The average Bonchev–Trinajstić information content (AvgIpc) is 2.79. The van der Waals surface area contributed by atoms with Crippen molar-refractivity contribution in [2.24, 2.45) is 15.7 Å². The van der Waals surface area contributed by atoms with Gasteiger partial charge in [-0.1, -0.05) is 38.0 Å². The van der Waals surface area contributed by atoms with E-state index in [1.165, 1.54) is 17.3 Å². The molecule has 1 rings (SSSR count). The van der Waals surface area contributed by atoms with Crippen molar-refractivity contribution in [1.29, 1.82) is 0 Å². The van der Waals surface area contributed by atoms with Crippen molar-refractivity contribution < 1.29 is 10.0 Å². The van der Waals surface area contributed by atoms with Gasteiger partial charge in [0, 0.05) is 5.41 Å². The van der Waals surface area contributed by atoms with Gasteiger partial charge in [-0.3, -0.25) is 0 Å². The SMILES string of the molecule is CCCON=C(C(=NO)C(C)(C)C)n1cncn1. The lowest BCUT2D eigenvalue weighted by Crippen LogP contribution is -2.34. The molecule has 1 heterocycles. The van der Waals surface area contributed by atoms with Gasteiger partial charge < -0.3 is 10.0 Å². The van der Waals surface area contributed by atoms with E-state index < -0.39 is 5.41 Å². The van der Waals surface area contributed by atoms with Crippen molar-refractivity contribution in [3.05, 3.63) is 12.7 Å². The lowest BCUT2D eigenvalue weighted by molar-refractivity contribution is 0.144. The van der Waals surface area contributed by atoms with Crippen molar-refractivity contribution in [1.82, 2.24) is 14.8 Å². The summed E-state index contributed by atoms with van der Waals surface area (Å²) in [6.45, 7) is 8.20. The molecule has 0 aliphatic heterocycles. The lowest BCUT2D eigenvalue weighted by Gasteiger charge is -2.20. The molecule has 0 aromatic carbocycles. The maximum atomic E-state index is 9.18. The number of oxime groups is 2. The average molecular weight is 253 g/mol. The first-order chi connectivity index (χ1) is 8.50. The standard InChI is InChI=1S/C11H19N5O2/c1-5-6-18-15-10(16-8-12-7-13-16)9(14-17)11(2,3)4/h7-8,17H,5-6H2,1-4H3. The molecule has 1 aromatic heterocycles. The molecule has 0 radical (unpaired) electrons. The van der Waals surface area contributed by atoms with Crippen LogP contribution in [-0.2, 0) is 4.84 Å². The maximum Gasteiger partial charge on any atom is 0.219 e. The van der Waals surface area contributed by atoms with Crippen LogP contribution in [0.2, 0.25) is 0 Å². The van der Waals surface area contributed by atoms with Gasteiger partial charge in [0.2, 0.25) is 5.84 Å². The number of hydrogen-bond acceptors (Lipinski definition) is 6. The second kappa shape index (κ2) is 6.13. The van der Waals surface area contributed by atoms with Crippen molar-refractivity contribution in [3.63, 3.8) is 0 Å². The third-order valence-corrected chi connectivity index (χ3v) is 2.10. The van der Waals surface area contributed by atoms with E-state index in [1.807, 2.05) is 27.7 Å². The van der Waals surface area contributed by atoms with Crippen LogP contribution in [0.5, 0.6) is 0 Å². The van der Waals surface area contributed by atoms with Gasteiger partial charge >= 0.3 is 0 Å². The molecule has 0 aliphatic carbocycles. The summed E-state index contributed by atoms with van der Waals surface area (Å²) < 4.78 is 1.41. The van der Waals surface area contributed by atoms with Gasteiger partial charge in [-0.25, -0.2) is 4.98 Å². The Labute approximate surface area is 106 Å². The summed E-state index contributed by atoms with van der Waals surface area (Å²) >= 11 is 0. The molecule has 1 aromatic rings. The van der Waals surface area contributed by atoms with Crippen molar-refractivity contribution >= 4 is 11.5 Å². The summed E-state index contributed by atoms with van der Waals surface area (Å²) in [5.74, 6) is 0.330. The summed E-state index contributed by atoms with van der Waals surface area (Å²) in [4.78, 5) is 9.00. The van der Waals surface area contributed by atoms with E-state index in [2.05, 4.69) is 20.4 Å². The fourth-order valence-electron chi connectivity index (χ4n) is 1.24. The third kappa shape index (κ3) is 3.54. The summed E-state index contributed by atoms with van der Waals surface area (Å²) in [5, 5.41) is 20.4. The Kier molecular flexibility index (Phi) is 4.82. The molecule has 7 heteroatoms. The zero-order valence-electron chi connectivity index (χ0n) is 11.2. The highest BCUT2D eigenvalue weighted by Crippen LogP contribution is 2.17. The minimum atomic E-state index is -0.394. The predicted molar refractivity (Wildman–Crippen MR) is 67.8 cm³/mol. The molecule has 100 valence electrons. The van der Waals surface area contributed by atoms with Gasteiger partial charge in [0.15, 0.2) is 0 Å². The van der Waals surface area contributed by atoms with Gasteiger partial charge in [0.25, 0.3) is 0 Å². The molecule has 0 aliphatic rings. The summed E-state index contributed by atoms with van der Waals surface area (Å²) in [6, 6.07) is 0. The number of aromatic nitrogens is 3. The molecule has 0 atom stereocenters. The van der Waals surface area contributed by atoms with E-state index in [0.29, 0.717) is 18.2 Å². The van der Waals surface area contributed by atoms with Crippen LogP contribution in [0.1, 0.15) is 34.1 Å². The molecular weight excluding hydrogens is 234 g/mol. The van der Waals surface area contributed by atoms with E-state index >= 15 is 0 Å². The molecule has 18 heavy (non-hydrogen) atoms. The Morgan fingerprint density at radius 1 is 1.44 bits per heavy atom. The topological polar surface area (TPSA) is 84.9 Å². The molecule has 0 unspecified atom stereocenters. The van der Waals surface area contributed by atoms with E-state index in [0.717, 1.165) is 6.42 Å². The molecule has 0 saturated heterocycles. The molecule has 0 amide bonds. The zero-order valence-corrected chi connectivity index (χ0v) is 11.2. The summed E-state index contributed by atoms with van der Waals surface area (Å²) in [7, 11) is 0. The van der Waals surface area contributed by atoms with Crippen molar-refractivity contribution in [3.8, 4) is 0 Å². The highest BCUT2D eigenvalue weighted by molar-refractivity contribution is 6.43. The summed E-state index contributed by atoms with van der Waals surface area (Å²) in [5.41, 5.74) is -0.0149. The largest absolute Gasteiger partial charge is 0.411 e. The Hall–Kier alpha value is -1.92. The third-order valence-electron chi connectivity index (χ3n) is 2.10. The number of nitrogens with zero attached hydrogens (tertiary/aromatic N) is 5. The maximum absolute atomic E-state index is 9.18. The van der Waals surface area contributed by atoms with Gasteiger partial charge in [-0.15, -0.1) is 0 Å². The smallest absolute Gasteiger partial charge is 0.219 e. The van der Waals surface area contributed by atoms with Gasteiger partial charge in [-0.05, 0) is 6.42 Å². The molecule has 7 nitrogen and oxygen atoms in total. The first-order valence-corrected chi connectivity index (χ1v) is 5.78. The van der Waals surface area contributed by atoms with Crippen molar-refractivity contribution in [2.45, 2.75) is 34.1 Å². The highest BCUT2D eigenvalue weighted by Gasteiger charge is 2.27. The van der Waals surface area contributed by atoms with E-state index in [1.54, 1.807) is 0 Å². The summed E-state index contributed by atoms with van der Waals surface area (Å²) in [6.07, 6.45) is 3.70. The zero-order chi connectivity index (χ0) is 13.6. The van der Waals surface area contributed by atoms with Crippen LogP contribution in [0.4, 0.5) is 0 Å². The Morgan fingerprint density at radius 3 is 2.61 bits per heavy atom. The molecular formula is C11H19N5O2. The van der Waals surface area contributed by atoms with E-state index in [9.17, 15) is 5.21 Å². The fraction of sp³-hybridized carbons (Fsp3) is 0.636. The second-order valence-corrected chi connectivity index (χ2v) is 4.79. The molecule has 1 N–H and O–H groups in total. The van der Waals surface area contributed by atoms with Gasteiger partial charge in [-0.2, -0.15) is 9.78 Å². The van der Waals surface area contributed by atoms with E-state index in [4.69, 9.17) is 4.84 Å². The van der Waals surface area contributed by atoms with Crippen molar-refractivity contribution in [2.75, 3.05) is 6.61 Å². The van der Waals surface area contributed by atoms with Gasteiger partial charge in [0.05, 0.1) is 0 Å². The molecule has 0 fully saturated rings. The van der Waals surface area contributed by atoms with Crippen LogP contribution in [-0.4, -0.2) is 38.1 Å². The van der Waals surface area contributed by atoms with Crippen LogP contribution in [0.3, 0.4) is 0 Å². The number of hydrogen-bond donors (Lipinski definition) is 1. The first-order valence-electron chi connectivity index (χ1n) is 5.78. The first kappa shape index (κ1) is 14.1. The quantitative estimate of drug-likeness (QED) is 0.291. The molecule has 0 bridgehead atoms. The fourth-order valence-corrected chi connectivity index (χ4v) is 1.24. The Morgan fingerprint density at radius 2 is 2.17 bits per heavy atom. The Bertz CT molecular complexity index is 417. The normalized spacial score (nSPS) is 13.8. The van der Waals surface area contributed by atoms with Crippen LogP contribution < -0.4 is 0 Å². The Balaban J connectivity index is 3.09. The van der Waals surface area contributed by atoms with Crippen LogP contribution in [0.25, 0.3) is 0 Å². The predicted octanol–water partition coefficient (Wildman–Crippen LogP) is 1.74. The minimum Gasteiger partial charge on any atom is -0.411 e. The molecule has 0 saturated carbocycles. The van der Waals surface area contributed by atoms with Crippen LogP contribution in [0, 0.1) is 5.41 Å². The minimum absolute atomic E-state index is 0.330. The van der Waals surface area contributed by atoms with E-state index in [-0.39, 0.29) is 0 Å². The van der Waals surface area contributed by atoms with Crippen LogP contribution in [0.15, 0.2) is 23.0 Å². The molecule has 0 spiro atoms. The lowest BCUT2D eigenvalue weighted by atomic mass is 9.89. The van der Waals surface area contributed by atoms with Gasteiger partial charge in [0.1, 0.15) is 25.0 Å². The monoisotopic (exact) mass is 253 g/mol. The highest BCUT2D eigenvalue weighted by atomic mass is 16.6. The van der Waals surface area contributed by atoms with Crippen LogP contribution >= 0.6 is 0 Å².